The van der Waals surface area contributed by atoms with Crippen LogP contribution in [0.3, 0.4) is 0 Å². The molecule has 8 nitrogen and oxygen atoms in total. The number of nitrogens with zero attached hydrogens (tertiary/aromatic N) is 1. The fourth-order valence-corrected chi connectivity index (χ4v) is 3.66. The van der Waals surface area contributed by atoms with E-state index in [2.05, 4.69) is 21.4 Å². The van der Waals surface area contributed by atoms with Crippen LogP contribution in [0, 0.1) is 18.6 Å². The van der Waals surface area contributed by atoms with Gasteiger partial charge in [0.15, 0.2) is 5.76 Å². The van der Waals surface area contributed by atoms with Crippen LogP contribution in [0.15, 0.2) is 58.0 Å². The van der Waals surface area contributed by atoms with Crippen molar-refractivity contribution in [1.82, 2.24) is 16.3 Å². The number of furan rings is 1. The summed E-state index contributed by atoms with van der Waals surface area (Å²) in [5, 5.41) is 4.20. The summed E-state index contributed by atoms with van der Waals surface area (Å²) in [6.45, 7) is 1.67. The lowest BCUT2D eigenvalue weighted by atomic mass is 9.93. The van der Waals surface area contributed by atoms with Gasteiger partial charge in [-0.2, -0.15) is 5.10 Å². The average Bonchev–Trinajstić information content (AvgIpc) is 3.18. The first-order valence-electron chi connectivity index (χ1n) is 10.5. The fraction of sp³-hybridized carbons (Fsp3) is 0.167. The quantitative estimate of drug-likeness (QED) is 0.512. The van der Waals surface area contributed by atoms with Gasteiger partial charge in [-0.05, 0) is 56.2 Å². The van der Waals surface area contributed by atoms with Crippen LogP contribution in [0.2, 0.25) is 0 Å². The number of halogens is 2. The molecule has 3 N–H and O–H groups in total. The summed E-state index contributed by atoms with van der Waals surface area (Å²) in [6.07, 6.45) is 1.80. The van der Waals surface area contributed by atoms with Gasteiger partial charge >= 0.3 is 5.91 Å². The average molecular weight is 466 g/mol. The van der Waals surface area contributed by atoms with E-state index in [1.165, 1.54) is 42.5 Å². The van der Waals surface area contributed by atoms with Crippen LogP contribution in [0.4, 0.5) is 8.78 Å². The third kappa shape index (κ3) is 4.70. The van der Waals surface area contributed by atoms with Crippen LogP contribution in [-0.4, -0.2) is 23.4 Å². The lowest BCUT2D eigenvalue weighted by Gasteiger charge is -2.13. The van der Waals surface area contributed by atoms with Gasteiger partial charge < -0.3 is 4.42 Å². The molecule has 0 unspecified atom stereocenters. The van der Waals surface area contributed by atoms with Gasteiger partial charge in [0.2, 0.25) is 0 Å². The molecular weight excluding hydrogens is 446 g/mol. The predicted octanol–water partition coefficient (Wildman–Crippen LogP) is 3.41. The third-order valence-electron chi connectivity index (χ3n) is 5.34. The van der Waals surface area contributed by atoms with Gasteiger partial charge in [0.25, 0.3) is 11.8 Å². The van der Waals surface area contributed by atoms with Gasteiger partial charge in [-0.25, -0.2) is 14.2 Å². The zero-order chi connectivity index (χ0) is 24.2. The van der Waals surface area contributed by atoms with Gasteiger partial charge in [-0.15, -0.1) is 0 Å². The lowest BCUT2D eigenvalue weighted by molar-refractivity contribution is 0.0827. The minimum atomic E-state index is -0.814. The Morgan fingerprint density at radius 2 is 1.62 bits per heavy atom. The van der Waals surface area contributed by atoms with Crippen LogP contribution in [0.1, 0.15) is 61.0 Å². The van der Waals surface area contributed by atoms with Gasteiger partial charge in [0.05, 0.1) is 11.3 Å². The van der Waals surface area contributed by atoms with E-state index in [4.69, 9.17) is 4.42 Å². The highest BCUT2D eigenvalue weighted by Gasteiger charge is 2.28. The second kappa shape index (κ2) is 9.65. The predicted molar refractivity (Wildman–Crippen MR) is 118 cm³/mol. The zero-order valence-corrected chi connectivity index (χ0v) is 18.1. The standard InChI is InChI=1S/C24H20F2N4O4/c1-13-20-18(27-28-22(31)14-9-11-15(25)12-10-14)7-4-8-19(20)34-21(13)24(33)30-29-23(32)16-5-2-3-6-17(16)26/h2-3,5-6,9-12H,4,7-8H2,1H3,(H,28,31)(H,29,32)(H,30,33)/b27-18+. The number of fused-ring (bicyclic) bond motifs is 1. The maximum absolute atomic E-state index is 13.8. The Bertz CT molecular complexity index is 1300. The van der Waals surface area contributed by atoms with E-state index in [-0.39, 0.29) is 16.9 Å². The van der Waals surface area contributed by atoms with Crippen LogP contribution in [0.5, 0.6) is 0 Å². The van der Waals surface area contributed by atoms with E-state index in [0.29, 0.717) is 41.9 Å². The largest absolute Gasteiger partial charge is 0.455 e. The Morgan fingerprint density at radius 1 is 0.912 bits per heavy atom. The molecule has 0 atom stereocenters. The fourth-order valence-electron chi connectivity index (χ4n) is 3.66. The summed E-state index contributed by atoms with van der Waals surface area (Å²) in [6, 6.07) is 10.4. The first kappa shape index (κ1) is 22.8. The molecular formula is C24H20F2N4O4. The summed E-state index contributed by atoms with van der Waals surface area (Å²) in [4.78, 5) is 37.1. The van der Waals surface area contributed by atoms with E-state index in [1.54, 1.807) is 6.92 Å². The summed E-state index contributed by atoms with van der Waals surface area (Å²) >= 11 is 0. The number of amides is 3. The number of carbonyl (C=O) groups excluding carboxylic acids is 3. The number of hydrogen-bond acceptors (Lipinski definition) is 5. The Hall–Kier alpha value is -4.34. The van der Waals surface area contributed by atoms with Crippen LogP contribution in [-0.2, 0) is 6.42 Å². The number of nitrogens with one attached hydrogen (secondary N) is 3. The van der Waals surface area contributed by atoms with Crippen molar-refractivity contribution >= 4 is 23.4 Å². The Balaban J connectivity index is 1.48. The van der Waals surface area contributed by atoms with E-state index < -0.39 is 29.4 Å². The number of hydrogen-bond donors (Lipinski definition) is 3. The normalized spacial score (nSPS) is 13.8. The monoisotopic (exact) mass is 466 g/mol. The molecule has 174 valence electrons. The topological polar surface area (TPSA) is 113 Å². The Kier molecular flexibility index (Phi) is 6.48. The Labute approximate surface area is 193 Å². The number of hydrazine groups is 1. The van der Waals surface area contributed by atoms with E-state index in [0.717, 1.165) is 6.07 Å². The molecule has 1 heterocycles. The van der Waals surface area contributed by atoms with Gasteiger partial charge in [-0.1, -0.05) is 12.1 Å². The number of benzene rings is 2. The molecule has 1 aliphatic carbocycles. The minimum Gasteiger partial charge on any atom is -0.455 e. The van der Waals surface area contributed by atoms with Crippen molar-refractivity contribution in [3.05, 3.63) is 93.9 Å². The molecule has 4 rings (SSSR count). The van der Waals surface area contributed by atoms with E-state index in [1.807, 2.05) is 0 Å². The molecule has 3 aromatic rings. The SMILES string of the molecule is Cc1c(C(=O)NNC(=O)c2ccccc2F)oc2c1/C(=N/NC(=O)c1ccc(F)cc1)CCC2. The number of aryl methyl sites for hydroxylation is 1. The first-order chi connectivity index (χ1) is 16.3. The molecule has 0 saturated heterocycles. The van der Waals surface area contributed by atoms with Gasteiger partial charge in [0.1, 0.15) is 17.4 Å². The highest BCUT2D eigenvalue weighted by atomic mass is 19.1. The number of rotatable bonds is 4. The summed E-state index contributed by atoms with van der Waals surface area (Å²) < 4.78 is 32.5. The Morgan fingerprint density at radius 3 is 2.35 bits per heavy atom. The molecule has 1 aromatic heterocycles. The van der Waals surface area contributed by atoms with Gasteiger partial charge in [-0.3, -0.25) is 25.2 Å². The maximum Gasteiger partial charge on any atom is 0.305 e. The van der Waals surface area contributed by atoms with Gasteiger partial charge in [0, 0.05) is 23.1 Å². The second-order valence-corrected chi connectivity index (χ2v) is 7.60. The molecule has 0 radical (unpaired) electrons. The smallest absolute Gasteiger partial charge is 0.305 e. The van der Waals surface area contributed by atoms with Crippen LogP contribution in [0.25, 0.3) is 0 Å². The van der Waals surface area contributed by atoms with Crippen molar-refractivity contribution in [3.8, 4) is 0 Å². The van der Waals surface area contributed by atoms with Crippen LogP contribution < -0.4 is 16.3 Å². The van der Waals surface area contributed by atoms with Crippen molar-refractivity contribution in [2.75, 3.05) is 0 Å². The van der Waals surface area contributed by atoms with Crippen molar-refractivity contribution in [2.45, 2.75) is 26.2 Å². The molecule has 10 heteroatoms. The lowest BCUT2D eigenvalue weighted by Crippen LogP contribution is -2.42. The molecule has 0 aliphatic heterocycles. The highest BCUT2D eigenvalue weighted by Crippen LogP contribution is 2.29. The highest BCUT2D eigenvalue weighted by molar-refractivity contribution is 6.07. The van der Waals surface area contributed by atoms with E-state index in [9.17, 15) is 23.2 Å². The molecule has 1 aliphatic rings. The first-order valence-corrected chi connectivity index (χ1v) is 10.5. The molecule has 0 bridgehead atoms. The molecule has 3 amide bonds. The van der Waals surface area contributed by atoms with Crippen LogP contribution >= 0.6 is 0 Å². The second-order valence-electron chi connectivity index (χ2n) is 7.60. The molecule has 0 saturated carbocycles. The number of carbonyl (C=O) groups is 3. The third-order valence-corrected chi connectivity index (χ3v) is 5.34. The summed E-state index contributed by atoms with van der Waals surface area (Å²) in [7, 11) is 0. The maximum atomic E-state index is 13.8. The molecule has 0 fully saturated rings. The molecule has 34 heavy (non-hydrogen) atoms. The number of hydrazone groups is 1. The van der Waals surface area contributed by atoms with Crippen molar-refractivity contribution in [2.24, 2.45) is 5.10 Å². The molecule has 0 spiro atoms. The summed E-state index contributed by atoms with van der Waals surface area (Å²) in [5.74, 6) is -2.71. The summed E-state index contributed by atoms with van der Waals surface area (Å²) in [5.41, 5.74) is 8.50. The van der Waals surface area contributed by atoms with Crippen molar-refractivity contribution in [1.29, 1.82) is 0 Å². The molecule has 2 aromatic carbocycles. The van der Waals surface area contributed by atoms with Crippen molar-refractivity contribution < 1.29 is 27.6 Å². The zero-order valence-electron chi connectivity index (χ0n) is 18.1. The van der Waals surface area contributed by atoms with Crippen molar-refractivity contribution in [3.63, 3.8) is 0 Å². The minimum absolute atomic E-state index is 0.0294. The van der Waals surface area contributed by atoms with E-state index >= 15 is 0 Å².